The van der Waals surface area contributed by atoms with Gasteiger partial charge in [-0.3, -0.25) is 9.59 Å². The van der Waals surface area contributed by atoms with Crippen molar-refractivity contribution < 1.29 is 14.7 Å². The zero-order valence-corrected chi connectivity index (χ0v) is 11.3. The summed E-state index contributed by atoms with van der Waals surface area (Å²) >= 11 is 5.90. The van der Waals surface area contributed by atoms with E-state index < -0.39 is 17.9 Å². The van der Waals surface area contributed by atoms with Crippen LogP contribution in [0.1, 0.15) is 6.92 Å². The van der Waals surface area contributed by atoms with E-state index in [-0.39, 0.29) is 5.57 Å². The van der Waals surface area contributed by atoms with Crippen LogP contribution in [0.2, 0.25) is 5.02 Å². The molecule has 20 heavy (non-hydrogen) atoms. The number of nitrogens with one attached hydrogen (secondary N) is 2. The Morgan fingerprint density at radius 2 is 2.10 bits per heavy atom. The number of hydrogen-bond donors (Lipinski definition) is 3. The van der Waals surface area contributed by atoms with Crippen LogP contribution in [0.5, 0.6) is 0 Å². The van der Waals surface area contributed by atoms with Crippen molar-refractivity contribution in [3.63, 3.8) is 0 Å². The molecule has 0 aliphatic carbocycles. The molecule has 0 aromatic heterocycles. The van der Waals surface area contributed by atoms with Crippen LogP contribution in [-0.2, 0) is 9.59 Å². The second kappa shape index (κ2) is 7.16. The summed E-state index contributed by atoms with van der Waals surface area (Å²) in [4.78, 5) is 22.3. The Hall–Kier alpha value is -2.52. The number of carbonyl (C=O) groups is 2. The minimum atomic E-state index is -1.19. The summed E-state index contributed by atoms with van der Waals surface area (Å²) < 4.78 is 0. The van der Waals surface area contributed by atoms with Gasteiger partial charge >= 0.3 is 5.97 Å². The molecule has 1 amide bonds. The fourth-order valence-corrected chi connectivity index (χ4v) is 1.40. The zero-order valence-electron chi connectivity index (χ0n) is 10.6. The van der Waals surface area contributed by atoms with Gasteiger partial charge in [-0.15, -0.1) is 0 Å². The Morgan fingerprint density at radius 1 is 1.45 bits per heavy atom. The van der Waals surface area contributed by atoms with Crippen molar-refractivity contribution >= 4 is 29.2 Å². The number of para-hydroxylation sites is 1. The molecule has 1 atom stereocenters. The highest BCUT2D eigenvalue weighted by atomic mass is 35.5. The second-order valence-corrected chi connectivity index (χ2v) is 4.23. The van der Waals surface area contributed by atoms with E-state index in [9.17, 15) is 9.59 Å². The van der Waals surface area contributed by atoms with Gasteiger partial charge in [-0.25, -0.2) is 0 Å². The van der Waals surface area contributed by atoms with Crippen molar-refractivity contribution in [1.82, 2.24) is 5.32 Å². The van der Waals surface area contributed by atoms with Crippen molar-refractivity contribution in [1.29, 1.82) is 5.26 Å². The van der Waals surface area contributed by atoms with Gasteiger partial charge in [0.15, 0.2) is 0 Å². The van der Waals surface area contributed by atoms with Gasteiger partial charge < -0.3 is 15.7 Å². The maximum absolute atomic E-state index is 11.7. The summed E-state index contributed by atoms with van der Waals surface area (Å²) in [6.45, 7) is 1.30. The normalized spacial score (nSPS) is 12.2. The number of aliphatic carboxylic acids is 1. The van der Waals surface area contributed by atoms with Gasteiger partial charge in [0.1, 0.15) is 17.7 Å². The SMILES string of the molecule is CC(NC(=O)/C(C#N)=C\Nc1ccccc1Cl)C(=O)O. The average Bonchev–Trinajstić information content (AvgIpc) is 2.41. The van der Waals surface area contributed by atoms with Gasteiger partial charge in [-0.05, 0) is 19.1 Å². The molecule has 0 saturated carbocycles. The lowest BCUT2D eigenvalue weighted by atomic mass is 10.2. The molecule has 1 rings (SSSR count). The maximum atomic E-state index is 11.7. The molecule has 0 spiro atoms. The van der Waals surface area contributed by atoms with Crippen LogP contribution in [0, 0.1) is 11.3 Å². The minimum Gasteiger partial charge on any atom is -0.480 e. The van der Waals surface area contributed by atoms with E-state index in [1.54, 1.807) is 30.3 Å². The maximum Gasteiger partial charge on any atom is 0.325 e. The van der Waals surface area contributed by atoms with Crippen LogP contribution < -0.4 is 10.6 Å². The molecular weight excluding hydrogens is 282 g/mol. The molecule has 6 nitrogen and oxygen atoms in total. The Morgan fingerprint density at radius 3 is 2.65 bits per heavy atom. The highest BCUT2D eigenvalue weighted by Crippen LogP contribution is 2.20. The smallest absolute Gasteiger partial charge is 0.325 e. The molecule has 0 aliphatic heterocycles. The Labute approximate surface area is 120 Å². The predicted octanol–water partition coefficient (Wildman–Crippen LogP) is 1.75. The molecule has 3 N–H and O–H groups in total. The van der Waals surface area contributed by atoms with E-state index >= 15 is 0 Å². The van der Waals surface area contributed by atoms with Gasteiger partial charge in [-0.2, -0.15) is 5.26 Å². The highest BCUT2D eigenvalue weighted by molar-refractivity contribution is 6.33. The van der Waals surface area contributed by atoms with E-state index in [1.165, 1.54) is 13.1 Å². The van der Waals surface area contributed by atoms with E-state index in [4.69, 9.17) is 22.0 Å². The lowest BCUT2D eigenvalue weighted by Crippen LogP contribution is -2.39. The minimum absolute atomic E-state index is 0.252. The largest absolute Gasteiger partial charge is 0.480 e. The molecule has 0 saturated heterocycles. The van der Waals surface area contributed by atoms with E-state index in [0.717, 1.165) is 0 Å². The van der Waals surface area contributed by atoms with Gasteiger partial charge in [0.2, 0.25) is 0 Å². The highest BCUT2D eigenvalue weighted by Gasteiger charge is 2.16. The molecule has 0 heterocycles. The number of rotatable bonds is 5. The number of benzene rings is 1. The van der Waals surface area contributed by atoms with Gasteiger partial charge in [0, 0.05) is 6.20 Å². The quantitative estimate of drug-likeness (QED) is 0.567. The van der Waals surface area contributed by atoms with Crippen LogP contribution in [0.4, 0.5) is 5.69 Å². The summed E-state index contributed by atoms with van der Waals surface area (Å²) in [7, 11) is 0. The first-order valence-electron chi connectivity index (χ1n) is 5.60. The second-order valence-electron chi connectivity index (χ2n) is 3.83. The van der Waals surface area contributed by atoms with Crippen molar-refractivity contribution in [3.05, 3.63) is 41.1 Å². The molecule has 0 aliphatic rings. The van der Waals surface area contributed by atoms with Gasteiger partial charge in [0.05, 0.1) is 10.7 Å². The number of hydrogen-bond acceptors (Lipinski definition) is 4. The van der Waals surface area contributed by atoms with E-state index in [0.29, 0.717) is 10.7 Å². The summed E-state index contributed by atoms with van der Waals surface area (Å²) in [5.74, 6) is -1.96. The number of carboxylic acids is 1. The van der Waals surface area contributed by atoms with E-state index in [2.05, 4.69) is 10.6 Å². The zero-order chi connectivity index (χ0) is 15.1. The number of amides is 1. The van der Waals surface area contributed by atoms with Crippen LogP contribution in [0.3, 0.4) is 0 Å². The summed E-state index contributed by atoms with van der Waals surface area (Å²) in [5.41, 5.74) is 0.277. The number of nitriles is 1. The molecule has 7 heteroatoms. The number of carboxylic acid groups (broad SMARTS) is 1. The topological polar surface area (TPSA) is 102 Å². The summed E-state index contributed by atoms with van der Waals surface area (Å²) in [6.07, 6.45) is 1.17. The first kappa shape index (κ1) is 15.5. The monoisotopic (exact) mass is 293 g/mol. The lowest BCUT2D eigenvalue weighted by molar-refractivity contribution is -0.140. The fraction of sp³-hybridized carbons (Fsp3) is 0.154. The first-order chi connectivity index (χ1) is 9.45. The third-order valence-corrected chi connectivity index (χ3v) is 2.66. The van der Waals surface area contributed by atoms with E-state index in [1.807, 2.05) is 0 Å². The molecule has 0 bridgehead atoms. The van der Waals surface area contributed by atoms with Crippen molar-refractivity contribution in [3.8, 4) is 6.07 Å². The third-order valence-electron chi connectivity index (χ3n) is 2.33. The van der Waals surface area contributed by atoms with Gasteiger partial charge in [-0.1, -0.05) is 23.7 Å². The van der Waals surface area contributed by atoms with Crippen LogP contribution >= 0.6 is 11.6 Å². The molecule has 1 aromatic rings. The van der Waals surface area contributed by atoms with Crippen molar-refractivity contribution in [2.45, 2.75) is 13.0 Å². The summed E-state index contributed by atoms with van der Waals surface area (Å²) in [6, 6.07) is 7.40. The first-order valence-corrected chi connectivity index (χ1v) is 5.98. The molecule has 0 fully saturated rings. The summed E-state index contributed by atoms with van der Waals surface area (Å²) in [5, 5.41) is 22.9. The average molecular weight is 294 g/mol. The lowest BCUT2D eigenvalue weighted by Gasteiger charge is -2.09. The molecule has 0 radical (unpaired) electrons. The molecule has 1 aromatic carbocycles. The number of halogens is 1. The molecular formula is C13H12ClN3O3. The standard InChI is InChI=1S/C13H12ClN3O3/c1-8(13(19)20)17-12(18)9(6-15)7-16-11-5-3-2-4-10(11)14/h2-5,7-8,16H,1H3,(H,17,18)(H,19,20)/b9-7-. The third kappa shape index (κ3) is 4.30. The Bertz CT molecular complexity index is 593. The van der Waals surface area contributed by atoms with Crippen molar-refractivity contribution in [2.75, 3.05) is 5.32 Å². The van der Waals surface area contributed by atoms with Crippen LogP contribution in [0.25, 0.3) is 0 Å². The molecule has 1 unspecified atom stereocenters. The Kier molecular flexibility index (Phi) is 5.56. The van der Waals surface area contributed by atoms with Crippen LogP contribution in [0.15, 0.2) is 36.0 Å². The number of carbonyl (C=O) groups excluding carboxylic acids is 1. The fourth-order valence-electron chi connectivity index (χ4n) is 1.21. The Balaban J connectivity index is 2.79. The van der Waals surface area contributed by atoms with Crippen molar-refractivity contribution in [2.24, 2.45) is 0 Å². The molecule has 104 valence electrons. The number of anilines is 1. The van der Waals surface area contributed by atoms with Crippen LogP contribution in [-0.4, -0.2) is 23.0 Å². The van der Waals surface area contributed by atoms with Gasteiger partial charge in [0.25, 0.3) is 5.91 Å². The predicted molar refractivity (Wildman–Crippen MR) is 74.0 cm³/mol. The number of nitrogens with zero attached hydrogens (tertiary/aromatic N) is 1.